The second kappa shape index (κ2) is 6.85. The summed E-state index contributed by atoms with van der Waals surface area (Å²) >= 11 is 1.81. The van der Waals surface area contributed by atoms with Gasteiger partial charge in [-0.2, -0.15) is 0 Å². The molecule has 116 valence electrons. The molecule has 1 saturated heterocycles. The molecule has 2 aromatic rings. The molecule has 1 aliphatic heterocycles. The topological polar surface area (TPSA) is 62.5 Å². The van der Waals surface area contributed by atoms with Crippen LogP contribution in [0, 0.1) is 10.1 Å². The number of nitrogens with zero attached hydrogens (tertiary/aromatic N) is 4. The first-order valence-corrected chi connectivity index (χ1v) is 8.20. The molecule has 0 N–H and O–H groups in total. The van der Waals surface area contributed by atoms with E-state index in [1.807, 2.05) is 11.3 Å². The van der Waals surface area contributed by atoms with Gasteiger partial charge >= 0.3 is 0 Å². The number of anilines is 1. The molecule has 3 heterocycles. The van der Waals surface area contributed by atoms with E-state index in [-0.39, 0.29) is 5.69 Å². The van der Waals surface area contributed by atoms with E-state index in [0.29, 0.717) is 0 Å². The molecule has 0 amide bonds. The highest BCUT2D eigenvalue weighted by Gasteiger charge is 2.18. The minimum Gasteiger partial charge on any atom is -0.354 e. The molecule has 0 atom stereocenters. The Morgan fingerprint density at radius 2 is 2.05 bits per heavy atom. The van der Waals surface area contributed by atoms with Gasteiger partial charge in [0.25, 0.3) is 5.69 Å². The zero-order valence-electron chi connectivity index (χ0n) is 12.2. The summed E-state index contributed by atoms with van der Waals surface area (Å²) in [5.74, 6) is 0.823. The van der Waals surface area contributed by atoms with Crippen LogP contribution in [0.25, 0.3) is 0 Å². The third-order valence-electron chi connectivity index (χ3n) is 3.89. The van der Waals surface area contributed by atoms with Crippen molar-refractivity contribution in [2.45, 2.75) is 6.42 Å². The normalized spacial score (nSPS) is 15.9. The molecule has 7 heteroatoms. The quantitative estimate of drug-likeness (QED) is 0.626. The number of aromatic nitrogens is 1. The van der Waals surface area contributed by atoms with Crippen molar-refractivity contribution < 1.29 is 4.92 Å². The van der Waals surface area contributed by atoms with Gasteiger partial charge in [0.2, 0.25) is 0 Å². The van der Waals surface area contributed by atoms with Gasteiger partial charge in [0.15, 0.2) is 0 Å². The minimum atomic E-state index is -0.417. The number of piperazine rings is 1. The van der Waals surface area contributed by atoms with Gasteiger partial charge < -0.3 is 4.90 Å². The first-order chi connectivity index (χ1) is 10.7. The van der Waals surface area contributed by atoms with Crippen LogP contribution in [0.4, 0.5) is 11.5 Å². The number of hydrogen-bond acceptors (Lipinski definition) is 6. The summed E-state index contributed by atoms with van der Waals surface area (Å²) in [5, 5.41) is 12.8. The Hall–Kier alpha value is -1.99. The number of rotatable bonds is 5. The van der Waals surface area contributed by atoms with Crippen molar-refractivity contribution in [1.82, 2.24) is 9.88 Å². The van der Waals surface area contributed by atoms with Crippen LogP contribution in [0.5, 0.6) is 0 Å². The van der Waals surface area contributed by atoms with Crippen LogP contribution in [0.15, 0.2) is 35.8 Å². The zero-order chi connectivity index (χ0) is 15.4. The SMILES string of the molecule is O=[N+]([O-])c1ccc(N2CCN(CCc3cccs3)CC2)nc1. The van der Waals surface area contributed by atoms with Gasteiger partial charge in [-0.25, -0.2) is 4.98 Å². The molecule has 0 aromatic carbocycles. The lowest BCUT2D eigenvalue weighted by Crippen LogP contribution is -2.47. The van der Waals surface area contributed by atoms with Gasteiger partial charge in [0.05, 0.1) is 4.92 Å². The van der Waals surface area contributed by atoms with Crippen LogP contribution in [0.2, 0.25) is 0 Å². The monoisotopic (exact) mass is 318 g/mol. The van der Waals surface area contributed by atoms with Gasteiger partial charge in [-0.05, 0) is 23.9 Å². The Morgan fingerprint density at radius 3 is 2.64 bits per heavy atom. The van der Waals surface area contributed by atoms with E-state index < -0.39 is 4.92 Å². The summed E-state index contributed by atoms with van der Waals surface area (Å²) in [4.78, 5) is 20.5. The van der Waals surface area contributed by atoms with Crippen molar-refractivity contribution in [1.29, 1.82) is 0 Å². The summed E-state index contributed by atoms with van der Waals surface area (Å²) in [5.41, 5.74) is 0.0401. The maximum absolute atomic E-state index is 10.6. The van der Waals surface area contributed by atoms with Crippen molar-refractivity contribution in [2.75, 3.05) is 37.6 Å². The van der Waals surface area contributed by atoms with Crippen molar-refractivity contribution in [3.05, 3.63) is 50.8 Å². The summed E-state index contributed by atoms with van der Waals surface area (Å²) < 4.78 is 0. The second-order valence-electron chi connectivity index (χ2n) is 5.29. The maximum Gasteiger partial charge on any atom is 0.287 e. The summed E-state index contributed by atoms with van der Waals surface area (Å²) in [6.45, 7) is 4.92. The molecule has 3 rings (SSSR count). The number of pyridine rings is 1. The first-order valence-electron chi connectivity index (χ1n) is 7.32. The highest BCUT2D eigenvalue weighted by Crippen LogP contribution is 2.17. The Kier molecular flexibility index (Phi) is 4.65. The molecule has 22 heavy (non-hydrogen) atoms. The molecule has 1 aliphatic rings. The average molecular weight is 318 g/mol. The van der Waals surface area contributed by atoms with Crippen LogP contribution in [0.1, 0.15) is 4.88 Å². The lowest BCUT2D eigenvalue weighted by Gasteiger charge is -2.35. The van der Waals surface area contributed by atoms with E-state index in [2.05, 4.69) is 32.3 Å². The van der Waals surface area contributed by atoms with Crippen LogP contribution in [-0.2, 0) is 6.42 Å². The molecule has 2 aromatic heterocycles. The lowest BCUT2D eigenvalue weighted by molar-refractivity contribution is -0.385. The summed E-state index contributed by atoms with van der Waals surface area (Å²) in [6, 6.07) is 7.53. The number of thiophene rings is 1. The van der Waals surface area contributed by atoms with Crippen molar-refractivity contribution in [3.8, 4) is 0 Å². The number of nitro groups is 1. The van der Waals surface area contributed by atoms with Crippen LogP contribution >= 0.6 is 11.3 Å². The molecular formula is C15H18N4O2S. The smallest absolute Gasteiger partial charge is 0.287 e. The Labute approximate surface area is 133 Å². The summed E-state index contributed by atoms with van der Waals surface area (Å²) in [7, 11) is 0. The molecule has 0 unspecified atom stereocenters. The van der Waals surface area contributed by atoms with Gasteiger partial charge in [-0.1, -0.05) is 6.07 Å². The maximum atomic E-state index is 10.6. The summed E-state index contributed by atoms with van der Waals surface area (Å²) in [6.07, 6.45) is 2.44. The first kappa shape index (κ1) is 14.9. The van der Waals surface area contributed by atoms with Gasteiger partial charge in [-0.3, -0.25) is 15.0 Å². The predicted octanol–water partition coefficient (Wildman–Crippen LogP) is 2.42. The van der Waals surface area contributed by atoms with E-state index >= 15 is 0 Å². The standard InChI is InChI=1S/C15H18N4O2S/c20-19(21)13-3-4-15(16-12-13)18-9-7-17(8-10-18)6-5-14-2-1-11-22-14/h1-4,11-12H,5-10H2. The molecule has 0 saturated carbocycles. The van der Waals surface area contributed by atoms with Crippen molar-refractivity contribution in [3.63, 3.8) is 0 Å². The largest absolute Gasteiger partial charge is 0.354 e. The molecule has 0 bridgehead atoms. The highest BCUT2D eigenvalue weighted by atomic mass is 32.1. The molecule has 1 fully saturated rings. The van der Waals surface area contributed by atoms with Crippen LogP contribution in [-0.4, -0.2) is 47.5 Å². The van der Waals surface area contributed by atoms with Gasteiger partial charge in [0, 0.05) is 43.7 Å². The second-order valence-corrected chi connectivity index (χ2v) is 6.32. The number of hydrogen-bond donors (Lipinski definition) is 0. The fourth-order valence-corrected chi connectivity index (χ4v) is 3.30. The Morgan fingerprint density at radius 1 is 1.23 bits per heavy atom. The van der Waals surface area contributed by atoms with E-state index in [4.69, 9.17) is 0 Å². The molecule has 0 aliphatic carbocycles. The van der Waals surface area contributed by atoms with E-state index in [9.17, 15) is 10.1 Å². The zero-order valence-corrected chi connectivity index (χ0v) is 13.0. The van der Waals surface area contributed by atoms with Crippen LogP contribution < -0.4 is 4.90 Å². The molecule has 6 nitrogen and oxygen atoms in total. The minimum absolute atomic E-state index is 0.0401. The molecule has 0 radical (unpaired) electrons. The average Bonchev–Trinajstić information content (AvgIpc) is 3.07. The predicted molar refractivity (Wildman–Crippen MR) is 87.6 cm³/mol. The fraction of sp³-hybridized carbons (Fsp3) is 0.400. The van der Waals surface area contributed by atoms with Gasteiger partial charge in [-0.15, -0.1) is 11.3 Å². The highest BCUT2D eigenvalue weighted by molar-refractivity contribution is 7.09. The fourth-order valence-electron chi connectivity index (χ4n) is 2.60. The van der Waals surface area contributed by atoms with E-state index in [0.717, 1.165) is 45.0 Å². The van der Waals surface area contributed by atoms with E-state index in [1.165, 1.54) is 17.1 Å². The molecule has 0 spiro atoms. The van der Waals surface area contributed by atoms with Crippen molar-refractivity contribution >= 4 is 22.8 Å². The third-order valence-corrected chi connectivity index (χ3v) is 4.83. The van der Waals surface area contributed by atoms with Gasteiger partial charge in [0.1, 0.15) is 12.0 Å². The van der Waals surface area contributed by atoms with E-state index in [1.54, 1.807) is 6.07 Å². The molecular weight excluding hydrogens is 300 g/mol. The van der Waals surface area contributed by atoms with Crippen LogP contribution in [0.3, 0.4) is 0 Å². The Bertz CT molecular complexity index is 607. The third kappa shape index (κ3) is 3.61. The lowest BCUT2D eigenvalue weighted by atomic mass is 10.2. The Balaban J connectivity index is 1.49. The van der Waals surface area contributed by atoms with Crippen molar-refractivity contribution in [2.24, 2.45) is 0 Å².